The number of aliphatic hydroxyl groups is 1. The summed E-state index contributed by atoms with van der Waals surface area (Å²) in [6.45, 7) is 0.492. The van der Waals surface area contributed by atoms with Crippen molar-refractivity contribution in [2.24, 2.45) is 0 Å². The highest BCUT2D eigenvalue weighted by atomic mass is 16.5. The van der Waals surface area contributed by atoms with Crippen molar-refractivity contribution >= 4 is 17.7 Å². The molecular weight excluding hydrogens is 396 g/mol. The molecule has 0 aromatic heterocycles. The third-order valence-electron chi connectivity index (χ3n) is 7.27. The first-order valence-electron chi connectivity index (χ1n) is 11.4. The van der Waals surface area contributed by atoms with E-state index in [1.807, 2.05) is 6.07 Å². The number of amides is 3. The Hall–Kier alpha value is -2.41. The predicted molar refractivity (Wildman–Crippen MR) is 114 cm³/mol. The van der Waals surface area contributed by atoms with Crippen molar-refractivity contribution in [3.05, 3.63) is 29.8 Å². The molecule has 1 aromatic rings. The van der Waals surface area contributed by atoms with Crippen molar-refractivity contribution in [1.29, 1.82) is 0 Å². The molecule has 0 spiro atoms. The summed E-state index contributed by atoms with van der Waals surface area (Å²) in [7, 11) is 1.56. The molecule has 3 amide bonds. The lowest BCUT2D eigenvalue weighted by molar-refractivity contribution is -0.145. The molecule has 7 heteroatoms. The summed E-state index contributed by atoms with van der Waals surface area (Å²) in [5, 5.41) is 9.76. The zero-order valence-electron chi connectivity index (χ0n) is 18.2. The number of hydrogen-bond donors (Lipinski definition) is 1. The van der Waals surface area contributed by atoms with Gasteiger partial charge in [0.1, 0.15) is 5.75 Å². The quantitative estimate of drug-likeness (QED) is 0.703. The second kappa shape index (κ2) is 8.99. The van der Waals surface area contributed by atoms with Crippen LogP contribution in [0.2, 0.25) is 0 Å². The molecule has 2 atom stereocenters. The SMILES string of the molecule is COc1cccc(C2(CC(=O)N3CCCCC3CO)CC(=O)N(C3CCCC3)C2=O)c1. The number of piperidine rings is 1. The Morgan fingerprint density at radius 3 is 2.61 bits per heavy atom. The number of nitrogens with zero attached hydrogens (tertiary/aromatic N) is 2. The van der Waals surface area contributed by atoms with Gasteiger partial charge in [-0.05, 0) is 49.8 Å². The lowest BCUT2D eigenvalue weighted by Crippen LogP contribution is -2.50. The van der Waals surface area contributed by atoms with Gasteiger partial charge >= 0.3 is 0 Å². The summed E-state index contributed by atoms with van der Waals surface area (Å²) in [6, 6.07) is 6.90. The lowest BCUT2D eigenvalue weighted by Gasteiger charge is -2.37. The third-order valence-corrected chi connectivity index (χ3v) is 7.27. The molecular formula is C24H32N2O5. The van der Waals surface area contributed by atoms with E-state index in [1.54, 1.807) is 30.2 Å². The molecule has 1 saturated carbocycles. The maximum atomic E-state index is 13.8. The minimum absolute atomic E-state index is 0.00112. The van der Waals surface area contributed by atoms with Crippen molar-refractivity contribution in [3.63, 3.8) is 0 Å². The number of benzene rings is 1. The van der Waals surface area contributed by atoms with Crippen molar-refractivity contribution in [2.45, 2.75) is 75.3 Å². The van der Waals surface area contributed by atoms with Crippen LogP contribution in [0.5, 0.6) is 5.75 Å². The van der Waals surface area contributed by atoms with Crippen molar-refractivity contribution in [1.82, 2.24) is 9.80 Å². The summed E-state index contributed by atoms with van der Waals surface area (Å²) in [6.07, 6.45) is 6.24. The molecule has 168 valence electrons. The molecule has 2 heterocycles. The van der Waals surface area contributed by atoms with Crippen LogP contribution >= 0.6 is 0 Å². The Bertz CT molecular complexity index is 850. The molecule has 2 aliphatic heterocycles. The number of methoxy groups -OCH3 is 1. The Morgan fingerprint density at radius 1 is 1.16 bits per heavy atom. The Kier molecular flexibility index (Phi) is 6.32. The molecule has 3 aliphatic rings. The van der Waals surface area contributed by atoms with E-state index in [4.69, 9.17) is 4.74 Å². The molecule has 1 N–H and O–H groups in total. The summed E-state index contributed by atoms with van der Waals surface area (Å²) >= 11 is 0. The largest absolute Gasteiger partial charge is 0.497 e. The van der Waals surface area contributed by atoms with Crippen LogP contribution in [0, 0.1) is 0 Å². The fraction of sp³-hybridized carbons (Fsp3) is 0.625. The number of carbonyl (C=O) groups is 3. The van der Waals surface area contributed by atoms with Gasteiger partial charge in [-0.3, -0.25) is 19.3 Å². The smallest absolute Gasteiger partial charge is 0.241 e. The minimum atomic E-state index is -1.22. The fourth-order valence-corrected chi connectivity index (χ4v) is 5.56. The average Bonchev–Trinajstić information content (AvgIpc) is 3.40. The van der Waals surface area contributed by atoms with E-state index in [2.05, 4.69) is 0 Å². The molecule has 31 heavy (non-hydrogen) atoms. The summed E-state index contributed by atoms with van der Waals surface area (Å²) in [5.41, 5.74) is -0.570. The van der Waals surface area contributed by atoms with Crippen LogP contribution in [0.1, 0.15) is 63.4 Å². The van der Waals surface area contributed by atoms with Gasteiger partial charge in [0.25, 0.3) is 0 Å². The van der Waals surface area contributed by atoms with Gasteiger partial charge in [0, 0.05) is 25.4 Å². The maximum absolute atomic E-state index is 13.8. The molecule has 1 aliphatic carbocycles. The Balaban J connectivity index is 1.70. The molecule has 0 radical (unpaired) electrons. The van der Waals surface area contributed by atoms with Gasteiger partial charge in [0.15, 0.2) is 0 Å². The standard InChI is InChI=1S/C24H32N2O5/c1-31-20-11-6-7-17(13-20)24(14-21(28)25-12-5-4-10-19(25)16-27)15-22(29)26(23(24)30)18-8-2-3-9-18/h6-7,11,13,18-19,27H,2-5,8-10,12,14-16H2,1H3. The monoisotopic (exact) mass is 428 g/mol. The van der Waals surface area contributed by atoms with Crippen LogP contribution in [0.15, 0.2) is 24.3 Å². The summed E-state index contributed by atoms with van der Waals surface area (Å²) in [4.78, 5) is 43.5. The molecule has 7 nitrogen and oxygen atoms in total. The highest BCUT2D eigenvalue weighted by molar-refractivity contribution is 6.11. The van der Waals surface area contributed by atoms with Gasteiger partial charge in [-0.15, -0.1) is 0 Å². The van der Waals surface area contributed by atoms with E-state index >= 15 is 0 Å². The predicted octanol–water partition coefficient (Wildman–Crippen LogP) is 2.40. The first-order valence-corrected chi connectivity index (χ1v) is 11.4. The number of hydrogen-bond acceptors (Lipinski definition) is 5. The highest BCUT2D eigenvalue weighted by Crippen LogP contribution is 2.44. The lowest BCUT2D eigenvalue weighted by atomic mass is 9.75. The normalized spacial score (nSPS) is 27.2. The Labute approximate surface area is 183 Å². The second-order valence-corrected chi connectivity index (χ2v) is 9.09. The van der Waals surface area contributed by atoms with Crippen LogP contribution in [-0.4, -0.2) is 65.0 Å². The zero-order valence-corrected chi connectivity index (χ0v) is 18.2. The average molecular weight is 429 g/mol. The third kappa shape index (κ3) is 3.95. The van der Waals surface area contributed by atoms with E-state index in [-0.39, 0.29) is 49.3 Å². The first-order chi connectivity index (χ1) is 15.0. The summed E-state index contributed by atoms with van der Waals surface area (Å²) in [5.74, 6) is -0.0282. The van der Waals surface area contributed by atoms with Crippen LogP contribution in [0.25, 0.3) is 0 Å². The van der Waals surface area contributed by atoms with Crippen molar-refractivity contribution in [2.75, 3.05) is 20.3 Å². The van der Waals surface area contributed by atoms with Gasteiger partial charge in [0.2, 0.25) is 17.7 Å². The Morgan fingerprint density at radius 2 is 1.90 bits per heavy atom. The van der Waals surface area contributed by atoms with Gasteiger partial charge in [-0.25, -0.2) is 0 Å². The van der Waals surface area contributed by atoms with E-state index < -0.39 is 5.41 Å². The van der Waals surface area contributed by atoms with Crippen LogP contribution < -0.4 is 4.74 Å². The van der Waals surface area contributed by atoms with Crippen molar-refractivity contribution < 1.29 is 24.2 Å². The number of likely N-dealkylation sites (tertiary alicyclic amines) is 2. The molecule has 2 saturated heterocycles. The second-order valence-electron chi connectivity index (χ2n) is 9.09. The van der Waals surface area contributed by atoms with E-state index in [9.17, 15) is 19.5 Å². The van der Waals surface area contributed by atoms with Gasteiger partial charge in [0.05, 0.1) is 25.2 Å². The van der Waals surface area contributed by atoms with Gasteiger partial charge in [-0.2, -0.15) is 0 Å². The number of aliphatic hydroxyl groups excluding tert-OH is 1. The van der Waals surface area contributed by atoms with Crippen LogP contribution in [0.3, 0.4) is 0 Å². The van der Waals surface area contributed by atoms with Crippen molar-refractivity contribution in [3.8, 4) is 5.75 Å². The minimum Gasteiger partial charge on any atom is -0.497 e. The topological polar surface area (TPSA) is 87.2 Å². The number of ether oxygens (including phenoxy) is 1. The highest BCUT2D eigenvalue weighted by Gasteiger charge is 2.56. The number of imide groups is 1. The fourth-order valence-electron chi connectivity index (χ4n) is 5.56. The van der Waals surface area contributed by atoms with E-state index in [0.717, 1.165) is 44.9 Å². The van der Waals surface area contributed by atoms with E-state index in [1.165, 1.54) is 4.90 Å². The zero-order chi connectivity index (χ0) is 22.0. The van der Waals surface area contributed by atoms with Gasteiger partial charge in [-0.1, -0.05) is 25.0 Å². The summed E-state index contributed by atoms with van der Waals surface area (Å²) < 4.78 is 5.37. The molecule has 3 fully saturated rings. The van der Waals surface area contributed by atoms with Crippen LogP contribution in [0.4, 0.5) is 0 Å². The maximum Gasteiger partial charge on any atom is 0.241 e. The molecule has 2 unspecified atom stereocenters. The molecule has 4 rings (SSSR count). The molecule has 1 aromatic carbocycles. The molecule has 0 bridgehead atoms. The number of rotatable bonds is 6. The van der Waals surface area contributed by atoms with E-state index in [0.29, 0.717) is 17.9 Å². The van der Waals surface area contributed by atoms with Crippen LogP contribution in [-0.2, 0) is 19.8 Å². The number of carbonyl (C=O) groups excluding carboxylic acids is 3. The van der Waals surface area contributed by atoms with Gasteiger partial charge < -0.3 is 14.7 Å². The first kappa shape index (κ1) is 21.8.